The van der Waals surface area contributed by atoms with E-state index in [0.29, 0.717) is 74.6 Å². The van der Waals surface area contributed by atoms with E-state index in [2.05, 4.69) is 75.6 Å². The van der Waals surface area contributed by atoms with Crippen molar-refractivity contribution < 1.29 is 23.9 Å². The van der Waals surface area contributed by atoms with Gasteiger partial charge in [0.05, 0.1) is 31.1 Å². The average Bonchev–Trinajstić information content (AvgIpc) is 4.24. The fourth-order valence-corrected chi connectivity index (χ4v) is 8.75. The number of H-pyrrole nitrogens is 1. The molecule has 5 heterocycles. The summed E-state index contributed by atoms with van der Waals surface area (Å²) < 4.78 is 14.0. The second kappa shape index (κ2) is 25.0. The molecule has 0 aliphatic rings. The zero-order chi connectivity index (χ0) is 51.9. The minimum atomic E-state index is -0.592. The molecule has 0 fully saturated rings. The smallest absolute Gasteiger partial charge is 0.407 e. The minimum Gasteiger partial charge on any atom is -0.444 e. The first-order valence-electron chi connectivity index (χ1n) is 23.4. The number of thioether (sulfide) groups is 1. The van der Waals surface area contributed by atoms with Crippen molar-refractivity contribution in [3.05, 3.63) is 123 Å². The first-order valence-corrected chi connectivity index (χ1v) is 26.1. The van der Waals surface area contributed by atoms with Gasteiger partial charge in [0, 0.05) is 77.1 Å². The summed E-state index contributed by atoms with van der Waals surface area (Å²) in [5, 5.41) is 36.9. The van der Waals surface area contributed by atoms with Crippen LogP contribution in [0.15, 0.2) is 116 Å². The summed E-state index contributed by atoms with van der Waals surface area (Å²) in [5.41, 5.74) is 4.90. The monoisotopic (exact) mass is 1050 g/mol. The Morgan fingerprint density at radius 1 is 0.865 bits per heavy atom. The number of aromatic nitrogens is 9. The fourth-order valence-electron chi connectivity index (χ4n) is 6.81. The molecule has 0 atom stereocenters. The number of fused-ring (bicyclic) bond motifs is 1. The summed E-state index contributed by atoms with van der Waals surface area (Å²) in [6.07, 6.45) is 2.07. The maximum atomic E-state index is 13.6. The number of rotatable bonds is 21. The molecule has 0 spiro atoms. The number of anilines is 1. The Balaban J connectivity index is 0.757. The van der Waals surface area contributed by atoms with Crippen molar-refractivity contribution in [2.45, 2.75) is 51.4 Å². The number of thiazole rings is 2. The van der Waals surface area contributed by atoms with Gasteiger partial charge in [-0.05, 0) is 57.0 Å². The first-order chi connectivity index (χ1) is 35.9. The molecule has 0 bridgehead atoms. The standard InChI is InChI=1S/C50H51N15O6S3/c1-5-28-72-47-57-42(52-21-22-55-49(69)71-50(2,3)4)41-43(58-47)64(63-60-41)30-33-13-11-32(12-14-33)15-20-38(66)51-23-26-70-27-24-53-44(67)36-18-16-34(17-19-36)37-31-74-48(56-37)65-45(68)40(59-61-46-54-25-29-73-46)39(62-65)35-9-7-6-8-10-35/h6-14,16-19,25,29,31,62H,5,21-24,26-28,30H2,1-4H3,(H,51,66)(H,53,67)(H,55,69)(H,52,57,58). The second-order valence-corrected chi connectivity index (χ2v) is 19.8. The van der Waals surface area contributed by atoms with Gasteiger partial charge in [-0.1, -0.05) is 84.4 Å². The van der Waals surface area contributed by atoms with Crippen molar-refractivity contribution in [1.29, 1.82) is 0 Å². The number of azo groups is 1. The van der Waals surface area contributed by atoms with Gasteiger partial charge < -0.3 is 30.7 Å². The molecule has 3 amide bonds. The molecule has 0 aliphatic heterocycles. The Bertz CT molecular complexity index is 3340. The van der Waals surface area contributed by atoms with Crippen molar-refractivity contribution in [3.63, 3.8) is 0 Å². The highest BCUT2D eigenvalue weighted by atomic mass is 32.2. The zero-order valence-electron chi connectivity index (χ0n) is 40.7. The van der Waals surface area contributed by atoms with E-state index in [1.807, 2.05) is 80.7 Å². The Morgan fingerprint density at radius 2 is 1.65 bits per heavy atom. The van der Waals surface area contributed by atoms with Crippen LogP contribution in [0.25, 0.3) is 38.8 Å². The number of hydrogen-bond acceptors (Lipinski definition) is 18. The third kappa shape index (κ3) is 14.3. The zero-order valence-corrected chi connectivity index (χ0v) is 43.2. The number of hydrogen-bond donors (Lipinski definition) is 5. The predicted octanol–water partition coefficient (Wildman–Crippen LogP) is 7.76. The van der Waals surface area contributed by atoms with Crippen LogP contribution < -0.4 is 26.8 Å². The molecule has 0 aliphatic carbocycles. The quantitative estimate of drug-likeness (QED) is 0.0151. The van der Waals surface area contributed by atoms with Gasteiger partial charge in [-0.3, -0.25) is 19.5 Å². The van der Waals surface area contributed by atoms with E-state index in [4.69, 9.17) is 19.4 Å². The predicted molar refractivity (Wildman–Crippen MR) is 285 cm³/mol. The van der Waals surface area contributed by atoms with Gasteiger partial charge in [-0.25, -0.2) is 29.4 Å². The lowest BCUT2D eigenvalue weighted by Crippen LogP contribution is -2.35. The van der Waals surface area contributed by atoms with Crippen molar-refractivity contribution in [2.75, 3.05) is 50.5 Å². The van der Waals surface area contributed by atoms with E-state index in [1.54, 1.807) is 40.5 Å². The Morgan fingerprint density at radius 3 is 2.39 bits per heavy atom. The molecule has 0 radical (unpaired) electrons. The molecule has 0 saturated carbocycles. The molecule has 74 heavy (non-hydrogen) atoms. The van der Waals surface area contributed by atoms with Crippen molar-refractivity contribution in [2.24, 2.45) is 10.2 Å². The van der Waals surface area contributed by atoms with E-state index in [9.17, 15) is 19.2 Å². The van der Waals surface area contributed by atoms with Crippen LogP contribution in [0.5, 0.6) is 0 Å². The molecule has 8 rings (SSSR count). The number of aromatic amines is 1. The third-order valence-electron chi connectivity index (χ3n) is 10.2. The van der Waals surface area contributed by atoms with E-state index >= 15 is 0 Å². The van der Waals surface area contributed by atoms with Gasteiger partial charge in [-0.15, -0.1) is 38.0 Å². The molecule has 0 saturated heterocycles. The van der Waals surface area contributed by atoms with Crippen LogP contribution in [0.2, 0.25) is 0 Å². The van der Waals surface area contributed by atoms with Gasteiger partial charge >= 0.3 is 11.7 Å². The van der Waals surface area contributed by atoms with Crippen molar-refractivity contribution in [3.8, 4) is 39.5 Å². The highest BCUT2D eigenvalue weighted by Gasteiger charge is 2.21. The first kappa shape index (κ1) is 52.2. The molecule has 5 aromatic heterocycles. The lowest BCUT2D eigenvalue weighted by molar-refractivity contribution is -0.115. The van der Waals surface area contributed by atoms with Gasteiger partial charge in [0.15, 0.2) is 27.8 Å². The van der Waals surface area contributed by atoms with Crippen LogP contribution in [0.3, 0.4) is 0 Å². The maximum absolute atomic E-state index is 13.6. The molecule has 0 unspecified atom stereocenters. The molecule has 5 N–H and O–H groups in total. The number of ether oxygens (including phenoxy) is 2. The highest BCUT2D eigenvalue weighted by molar-refractivity contribution is 7.99. The summed E-state index contributed by atoms with van der Waals surface area (Å²) in [4.78, 5) is 69.3. The third-order valence-corrected chi connectivity index (χ3v) is 12.8. The number of carbonyl (C=O) groups excluding carboxylic acids is 3. The van der Waals surface area contributed by atoms with Gasteiger partial charge in [0.25, 0.3) is 11.8 Å². The van der Waals surface area contributed by atoms with E-state index < -0.39 is 23.2 Å². The summed E-state index contributed by atoms with van der Waals surface area (Å²) >= 11 is 4.13. The summed E-state index contributed by atoms with van der Waals surface area (Å²) in [5.74, 6) is 6.13. The van der Waals surface area contributed by atoms with Crippen molar-refractivity contribution >= 4 is 80.1 Å². The molecule has 8 aromatic rings. The molecule has 24 heteroatoms. The Hall–Kier alpha value is -8.11. The van der Waals surface area contributed by atoms with Crippen LogP contribution in [0, 0.1) is 11.8 Å². The normalized spacial score (nSPS) is 11.4. The van der Waals surface area contributed by atoms with E-state index in [0.717, 1.165) is 28.9 Å². The molecular weight excluding hydrogens is 1000 g/mol. The van der Waals surface area contributed by atoms with Crippen LogP contribution in [0.1, 0.15) is 55.6 Å². The molecule has 21 nitrogen and oxygen atoms in total. The Kier molecular flexibility index (Phi) is 17.7. The van der Waals surface area contributed by atoms with Gasteiger partial charge in [0.2, 0.25) is 10.3 Å². The second-order valence-electron chi connectivity index (χ2n) is 17.0. The molecule has 380 valence electrons. The minimum absolute atomic E-state index is 0.135. The number of amides is 3. The molecular formula is C50H51N15O6S3. The average molecular weight is 1050 g/mol. The van der Waals surface area contributed by atoms with Gasteiger partial charge in [-0.2, -0.15) is 4.68 Å². The highest BCUT2D eigenvalue weighted by Crippen LogP contribution is 2.31. The summed E-state index contributed by atoms with van der Waals surface area (Å²) in [6, 6.07) is 23.8. The lowest BCUT2D eigenvalue weighted by Gasteiger charge is -2.19. The number of alkyl carbamates (subject to hydrolysis) is 1. The largest absolute Gasteiger partial charge is 0.444 e. The lowest BCUT2D eigenvalue weighted by atomic mass is 10.1. The van der Waals surface area contributed by atoms with Gasteiger partial charge in [0.1, 0.15) is 5.60 Å². The number of carbonyl (C=O) groups is 3. The SMILES string of the molecule is CCCSc1nc(NCCNC(=O)OC(C)(C)C)c2nnn(Cc3ccc(C#CC(=O)NCCOCCNC(=O)c4ccc(-c5csc(-n6[nH]c(-c7ccccc7)c(N=Nc7nccs7)c6=O)n5)cc4)cc3)c2n1. The maximum Gasteiger partial charge on any atom is 0.407 e. The summed E-state index contributed by atoms with van der Waals surface area (Å²) in [6.45, 7) is 9.55. The van der Waals surface area contributed by atoms with Crippen LogP contribution in [0.4, 0.5) is 21.4 Å². The van der Waals surface area contributed by atoms with E-state index in [-0.39, 0.29) is 37.9 Å². The van der Waals surface area contributed by atoms with Crippen LogP contribution in [-0.2, 0) is 20.8 Å². The fraction of sp³-hybridized carbons (Fsp3) is 0.280. The molecule has 3 aromatic carbocycles. The number of nitrogens with one attached hydrogen (secondary N) is 5. The topological polar surface area (TPSA) is 263 Å². The Labute approximate surface area is 437 Å². The number of nitrogens with zero attached hydrogens (tertiary/aromatic N) is 10. The van der Waals surface area contributed by atoms with E-state index in [1.165, 1.54) is 39.1 Å². The van der Waals surface area contributed by atoms with Crippen LogP contribution in [-0.4, -0.2) is 113 Å². The number of benzene rings is 3. The summed E-state index contributed by atoms with van der Waals surface area (Å²) in [7, 11) is 0. The van der Waals surface area contributed by atoms with Crippen molar-refractivity contribution in [1.82, 2.24) is 60.7 Å². The van der Waals surface area contributed by atoms with Crippen LogP contribution >= 0.6 is 34.4 Å².